The van der Waals surface area contributed by atoms with Gasteiger partial charge in [0.2, 0.25) is 5.91 Å². The molecule has 3 aliphatic rings. The van der Waals surface area contributed by atoms with Crippen LogP contribution in [-0.2, 0) is 23.7 Å². The number of rotatable bonds is 6. The highest BCUT2D eigenvalue weighted by molar-refractivity contribution is 5.83. The van der Waals surface area contributed by atoms with Gasteiger partial charge in [0.1, 0.15) is 31.0 Å². The predicted octanol–water partition coefficient (Wildman–Crippen LogP) is 2.70. The SMILES string of the molecule is CC(C)(C)OC(=O)N[C@H]1CO[C@H]2[C@@H]1OC[C@@H]2NC(=O)CNC(=O)OCC1c2ccccc2-c2ccccc21. The van der Waals surface area contributed by atoms with E-state index in [2.05, 4.69) is 28.1 Å². The molecule has 4 atom stereocenters. The Morgan fingerprint density at radius 1 is 0.842 bits per heavy atom. The second-order valence-corrected chi connectivity index (χ2v) is 10.7. The first kappa shape index (κ1) is 26.0. The van der Waals surface area contributed by atoms with Crippen molar-refractivity contribution in [3.05, 3.63) is 59.7 Å². The van der Waals surface area contributed by atoms with E-state index < -0.39 is 36.0 Å². The van der Waals surface area contributed by atoms with Crippen molar-refractivity contribution >= 4 is 18.1 Å². The fourth-order valence-corrected chi connectivity index (χ4v) is 5.27. The Hall–Kier alpha value is -3.63. The van der Waals surface area contributed by atoms with Gasteiger partial charge in [0.15, 0.2) is 0 Å². The second kappa shape index (κ2) is 10.6. The molecule has 10 heteroatoms. The molecule has 2 fully saturated rings. The van der Waals surface area contributed by atoms with E-state index in [4.69, 9.17) is 18.9 Å². The van der Waals surface area contributed by atoms with Gasteiger partial charge in [0.25, 0.3) is 0 Å². The molecule has 0 saturated carbocycles. The van der Waals surface area contributed by atoms with Crippen molar-refractivity contribution in [2.45, 2.75) is 56.6 Å². The quantitative estimate of drug-likeness (QED) is 0.532. The minimum atomic E-state index is -0.665. The zero-order chi connectivity index (χ0) is 26.9. The second-order valence-electron chi connectivity index (χ2n) is 10.7. The van der Waals surface area contributed by atoms with Crippen molar-refractivity contribution < 1.29 is 33.3 Å². The summed E-state index contributed by atoms with van der Waals surface area (Å²) in [5.41, 5.74) is 3.91. The molecule has 2 heterocycles. The van der Waals surface area contributed by atoms with Crippen LogP contribution in [0.2, 0.25) is 0 Å². The molecule has 10 nitrogen and oxygen atoms in total. The summed E-state index contributed by atoms with van der Waals surface area (Å²) in [4.78, 5) is 37.0. The minimum absolute atomic E-state index is 0.0590. The van der Waals surface area contributed by atoms with Crippen LogP contribution >= 0.6 is 0 Å². The minimum Gasteiger partial charge on any atom is -0.449 e. The molecule has 5 rings (SSSR count). The van der Waals surface area contributed by atoms with Gasteiger partial charge in [0.05, 0.1) is 25.3 Å². The fourth-order valence-electron chi connectivity index (χ4n) is 5.27. The van der Waals surface area contributed by atoms with Crippen LogP contribution in [-0.4, -0.2) is 74.4 Å². The topological polar surface area (TPSA) is 124 Å². The average molecular weight is 524 g/mol. The number of carbonyl (C=O) groups is 3. The summed E-state index contributed by atoms with van der Waals surface area (Å²) in [7, 11) is 0. The molecule has 2 saturated heterocycles. The first-order chi connectivity index (χ1) is 18.2. The molecule has 0 radical (unpaired) electrons. The van der Waals surface area contributed by atoms with Crippen molar-refractivity contribution in [2.75, 3.05) is 26.4 Å². The van der Waals surface area contributed by atoms with Gasteiger partial charge < -0.3 is 34.9 Å². The van der Waals surface area contributed by atoms with Crippen molar-refractivity contribution in [3.63, 3.8) is 0 Å². The third-order valence-corrected chi connectivity index (χ3v) is 6.84. The van der Waals surface area contributed by atoms with E-state index in [0.717, 1.165) is 22.3 Å². The highest BCUT2D eigenvalue weighted by atomic mass is 16.6. The summed E-state index contributed by atoms with van der Waals surface area (Å²) < 4.78 is 22.4. The number of ether oxygens (including phenoxy) is 4. The van der Waals surface area contributed by atoms with Crippen LogP contribution in [0.3, 0.4) is 0 Å². The maximum atomic E-state index is 12.5. The Labute approximate surface area is 221 Å². The number of nitrogens with one attached hydrogen (secondary N) is 3. The lowest BCUT2D eigenvalue weighted by Crippen LogP contribution is -2.49. The van der Waals surface area contributed by atoms with Gasteiger partial charge in [-0.3, -0.25) is 4.79 Å². The van der Waals surface area contributed by atoms with E-state index in [0.29, 0.717) is 0 Å². The lowest BCUT2D eigenvalue weighted by atomic mass is 9.98. The van der Waals surface area contributed by atoms with Crippen LogP contribution in [0, 0.1) is 0 Å². The normalized spacial score (nSPS) is 23.7. The van der Waals surface area contributed by atoms with Gasteiger partial charge in [-0.1, -0.05) is 48.5 Å². The number of fused-ring (bicyclic) bond motifs is 4. The van der Waals surface area contributed by atoms with Crippen LogP contribution in [0.1, 0.15) is 37.8 Å². The Balaban J connectivity index is 1.07. The Kier molecular flexibility index (Phi) is 7.27. The van der Waals surface area contributed by atoms with E-state index in [9.17, 15) is 14.4 Å². The van der Waals surface area contributed by atoms with Crippen molar-refractivity contribution in [1.82, 2.24) is 16.0 Å². The summed E-state index contributed by atoms with van der Waals surface area (Å²) >= 11 is 0. The molecule has 1 aliphatic carbocycles. The number of alkyl carbamates (subject to hydrolysis) is 2. The lowest BCUT2D eigenvalue weighted by molar-refractivity contribution is -0.121. The van der Waals surface area contributed by atoms with Gasteiger partial charge in [-0.15, -0.1) is 0 Å². The zero-order valence-corrected chi connectivity index (χ0v) is 21.7. The molecule has 3 amide bonds. The standard InChI is InChI=1S/C28H33N3O7/c1-28(2,3)38-27(34)31-22-15-36-24-21(14-35-25(22)24)30-23(32)12-29-26(33)37-13-20-18-10-6-4-8-16(18)17-9-5-7-11-19(17)20/h4-11,20-22,24-25H,12-15H2,1-3H3,(H,29,33)(H,30,32)(H,31,34)/t21-,22-,24+,25+/m0/s1. The van der Waals surface area contributed by atoms with Crippen LogP contribution in [0.15, 0.2) is 48.5 Å². The molecule has 2 aliphatic heterocycles. The summed E-state index contributed by atoms with van der Waals surface area (Å²) in [5.74, 6) is -0.448. The summed E-state index contributed by atoms with van der Waals surface area (Å²) in [5, 5.41) is 8.13. The molecule has 0 unspecified atom stereocenters. The van der Waals surface area contributed by atoms with E-state index in [1.165, 1.54) is 0 Å². The molecule has 0 aromatic heterocycles. The molecule has 2 aromatic rings. The molecule has 0 bridgehead atoms. The Bertz CT molecular complexity index is 1170. The van der Waals surface area contributed by atoms with Gasteiger partial charge in [-0.25, -0.2) is 9.59 Å². The monoisotopic (exact) mass is 523 g/mol. The molecule has 202 valence electrons. The van der Waals surface area contributed by atoms with E-state index in [-0.39, 0.29) is 44.2 Å². The van der Waals surface area contributed by atoms with E-state index in [1.807, 2.05) is 36.4 Å². The van der Waals surface area contributed by atoms with Crippen molar-refractivity contribution in [1.29, 1.82) is 0 Å². The van der Waals surface area contributed by atoms with Gasteiger partial charge in [0, 0.05) is 5.92 Å². The maximum Gasteiger partial charge on any atom is 0.408 e. The molecular weight excluding hydrogens is 490 g/mol. The fraction of sp³-hybridized carbons (Fsp3) is 0.464. The van der Waals surface area contributed by atoms with E-state index >= 15 is 0 Å². The maximum absolute atomic E-state index is 12.5. The van der Waals surface area contributed by atoms with Gasteiger partial charge >= 0.3 is 12.2 Å². The molecule has 0 spiro atoms. The number of benzene rings is 2. The van der Waals surface area contributed by atoms with Crippen LogP contribution in [0.25, 0.3) is 11.1 Å². The lowest BCUT2D eigenvalue weighted by Gasteiger charge is -2.23. The largest absolute Gasteiger partial charge is 0.449 e. The highest BCUT2D eigenvalue weighted by Crippen LogP contribution is 2.44. The molecule has 38 heavy (non-hydrogen) atoms. The predicted molar refractivity (Wildman–Crippen MR) is 138 cm³/mol. The molecular formula is C28H33N3O7. The third kappa shape index (κ3) is 5.61. The number of carbonyl (C=O) groups excluding carboxylic acids is 3. The molecule has 3 N–H and O–H groups in total. The summed E-state index contributed by atoms with van der Waals surface area (Å²) in [6, 6.07) is 15.4. The first-order valence-electron chi connectivity index (χ1n) is 12.8. The zero-order valence-electron chi connectivity index (χ0n) is 21.7. The van der Waals surface area contributed by atoms with Crippen LogP contribution in [0.5, 0.6) is 0 Å². The Morgan fingerprint density at radius 3 is 1.97 bits per heavy atom. The summed E-state index contributed by atoms with van der Waals surface area (Å²) in [6.07, 6.45) is -2.02. The van der Waals surface area contributed by atoms with Crippen LogP contribution in [0.4, 0.5) is 9.59 Å². The van der Waals surface area contributed by atoms with Gasteiger partial charge in [-0.2, -0.15) is 0 Å². The number of hydrogen-bond donors (Lipinski definition) is 3. The van der Waals surface area contributed by atoms with Crippen LogP contribution < -0.4 is 16.0 Å². The average Bonchev–Trinajstić information content (AvgIpc) is 3.54. The van der Waals surface area contributed by atoms with Crippen molar-refractivity contribution in [3.8, 4) is 11.1 Å². The first-order valence-corrected chi connectivity index (χ1v) is 12.8. The Morgan fingerprint density at radius 2 is 1.39 bits per heavy atom. The van der Waals surface area contributed by atoms with E-state index in [1.54, 1.807) is 20.8 Å². The molecule has 2 aromatic carbocycles. The summed E-state index contributed by atoms with van der Waals surface area (Å²) in [6.45, 7) is 5.77. The van der Waals surface area contributed by atoms with Gasteiger partial charge in [-0.05, 0) is 43.0 Å². The number of hydrogen-bond acceptors (Lipinski definition) is 7. The highest BCUT2D eigenvalue weighted by Gasteiger charge is 2.49. The number of amides is 3. The third-order valence-electron chi connectivity index (χ3n) is 6.84. The van der Waals surface area contributed by atoms with Crippen molar-refractivity contribution in [2.24, 2.45) is 0 Å². The smallest absolute Gasteiger partial charge is 0.408 e.